The highest BCUT2D eigenvalue weighted by molar-refractivity contribution is 6.03. The summed E-state index contributed by atoms with van der Waals surface area (Å²) < 4.78 is 1.30. The number of fused-ring (bicyclic) bond motifs is 1. The highest BCUT2D eigenvalue weighted by Crippen LogP contribution is 2.19. The smallest absolute Gasteiger partial charge is 0.322 e. The molecule has 0 aliphatic carbocycles. The van der Waals surface area contributed by atoms with E-state index in [1.54, 1.807) is 0 Å². The second-order valence-corrected chi connectivity index (χ2v) is 3.18. The molecule has 8 heteroatoms. The van der Waals surface area contributed by atoms with E-state index in [0.717, 1.165) is 0 Å². The van der Waals surface area contributed by atoms with Gasteiger partial charge in [0.2, 0.25) is 0 Å². The van der Waals surface area contributed by atoms with Crippen LogP contribution in [0.25, 0.3) is 5.65 Å². The second kappa shape index (κ2) is 4.08. The van der Waals surface area contributed by atoms with E-state index in [0.29, 0.717) is 0 Å². The molecule has 0 radical (unpaired) electrons. The number of nitrogens with one attached hydrogen (secondary N) is 1. The van der Waals surface area contributed by atoms with Gasteiger partial charge in [0.05, 0.1) is 0 Å². The molecule has 0 saturated heterocycles. The van der Waals surface area contributed by atoms with Crippen molar-refractivity contribution in [2.75, 3.05) is 6.54 Å². The minimum absolute atomic E-state index is 0.105. The topological polar surface area (TPSA) is 117 Å². The van der Waals surface area contributed by atoms with Gasteiger partial charge in [-0.05, 0) is 6.07 Å². The molecule has 2 heterocycles. The zero-order valence-corrected chi connectivity index (χ0v) is 8.49. The van der Waals surface area contributed by atoms with Crippen LogP contribution < -0.4 is 5.32 Å². The van der Waals surface area contributed by atoms with E-state index >= 15 is 0 Å². The zero-order valence-electron chi connectivity index (χ0n) is 8.49. The fourth-order valence-corrected chi connectivity index (χ4v) is 1.34. The van der Waals surface area contributed by atoms with Crippen molar-refractivity contribution in [2.24, 2.45) is 0 Å². The Bertz CT molecular complexity index is 592. The molecule has 3 N–H and O–H groups in total. The summed E-state index contributed by atoms with van der Waals surface area (Å²) in [7, 11) is 0. The Kier molecular flexibility index (Phi) is 2.61. The zero-order chi connectivity index (χ0) is 12.4. The van der Waals surface area contributed by atoms with Gasteiger partial charge in [-0.25, -0.2) is 9.50 Å². The van der Waals surface area contributed by atoms with Crippen LogP contribution in [0.5, 0.6) is 5.75 Å². The number of aromatic hydroxyl groups is 1. The van der Waals surface area contributed by atoms with Gasteiger partial charge in [-0.3, -0.25) is 9.59 Å². The first-order valence-corrected chi connectivity index (χ1v) is 4.61. The van der Waals surface area contributed by atoms with Gasteiger partial charge in [0.15, 0.2) is 5.65 Å². The van der Waals surface area contributed by atoms with Crippen LogP contribution in [0, 0.1) is 0 Å². The van der Waals surface area contributed by atoms with Crippen molar-refractivity contribution in [1.82, 2.24) is 19.9 Å². The number of rotatable bonds is 3. The number of carbonyl (C=O) groups is 2. The van der Waals surface area contributed by atoms with Gasteiger partial charge in [-0.1, -0.05) is 0 Å². The number of carbonyl (C=O) groups excluding carboxylic acids is 1. The van der Waals surface area contributed by atoms with E-state index in [1.807, 2.05) is 0 Å². The van der Waals surface area contributed by atoms with Crippen LogP contribution in [0.1, 0.15) is 10.4 Å². The molecular weight excluding hydrogens is 228 g/mol. The molecule has 0 aliphatic heterocycles. The highest BCUT2D eigenvalue weighted by atomic mass is 16.4. The molecule has 0 spiro atoms. The molecule has 1 amide bonds. The van der Waals surface area contributed by atoms with Crippen LogP contribution in [0.15, 0.2) is 18.6 Å². The average Bonchev–Trinajstić information content (AvgIpc) is 2.73. The minimum atomic E-state index is -1.17. The largest absolute Gasteiger partial charge is 0.507 e. The molecule has 0 aliphatic rings. The van der Waals surface area contributed by atoms with Crippen molar-refractivity contribution in [3.05, 3.63) is 24.2 Å². The van der Waals surface area contributed by atoms with E-state index in [2.05, 4.69) is 15.4 Å². The summed E-state index contributed by atoms with van der Waals surface area (Å²) >= 11 is 0. The van der Waals surface area contributed by atoms with Gasteiger partial charge in [0.1, 0.15) is 24.2 Å². The number of pyridine rings is 1. The van der Waals surface area contributed by atoms with Gasteiger partial charge in [0, 0.05) is 6.20 Å². The highest BCUT2D eigenvalue weighted by Gasteiger charge is 2.17. The number of amides is 1. The molecule has 2 aromatic rings. The van der Waals surface area contributed by atoms with Gasteiger partial charge < -0.3 is 15.5 Å². The summed E-state index contributed by atoms with van der Waals surface area (Å²) in [6, 6.07) is 1.28. The average molecular weight is 236 g/mol. The van der Waals surface area contributed by atoms with Gasteiger partial charge in [0.25, 0.3) is 5.91 Å². The lowest BCUT2D eigenvalue weighted by Gasteiger charge is -2.05. The number of aromatic nitrogens is 3. The number of nitrogens with zero attached hydrogens (tertiary/aromatic N) is 3. The maximum Gasteiger partial charge on any atom is 0.322 e. The van der Waals surface area contributed by atoms with E-state index in [1.165, 1.54) is 23.1 Å². The maximum absolute atomic E-state index is 11.7. The molecule has 0 atom stereocenters. The van der Waals surface area contributed by atoms with Crippen molar-refractivity contribution < 1.29 is 19.8 Å². The number of carboxylic acids is 1. The Hall–Kier alpha value is -2.64. The van der Waals surface area contributed by atoms with Crippen LogP contribution in [0.4, 0.5) is 0 Å². The molecule has 88 valence electrons. The van der Waals surface area contributed by atoms with Crippen molar-refractivity contribution >= 4 is 17.5 Å². The second-order valence-electron chi connectivity index (χ2n) is 3.18. The summed E-state index contributed by atoms with van der Waals surface area (Å²) in [6.45, 7) is -0.534. The monoisotopic (exact) mass is 236 g/mol. The maximum atomic E-state index is 11.7. The third kappa shape index (κ3) is 2.00. The fourth-order valence-electron chi connectivity index (χ4n) is 1.34. The molecular formula is C9H8N4O4. The third-order valence-electron chi connectivity index (χ3n) is 2.05. The number of aliphatic carboxylic acids is 1. The SMILES string of the molecule is O=C(O)CNC(=O)c1c(O)ccn2ncnc12. The van der Waals surface area contributed by atoms with E-state index in [-0.39, 0.29) is 17.0 Å². The molecule has 2 aromatic heterocycles. The van der Waals surface area contributed by atoms with Crippen LogP contribution in [-0.2, 0) is 4.79 Å². The van der Waals surface area contributed by atoms with Crippen LogP contribution >= 0.6 is 0 Å². The molecule has 2 rings (SSSR count). The molecule has 0 fully saturated rings. The standard InChI is InChI=1S/C9H8N4O4/c14-5-1-2-13-8(11-4-12-13)7(5)9(17)10-3-6(15)16/h1-2,4,14H,3H2,(H,10,17)(H,15,16). The lowest BCUT2D eigenvalue weighted by molar-refractivity contribution is -0.135. The number of hydrogen-bond acceptors (Lipinski definition) is 5. The van der Waals surface area contributed by atoms with Crippen molar-refractivity contribution in [2.45, 2.75) is 0 Å². The third-order valence-corrected chi connectivity index (χ3v) is 2.05. The predicted molar refractivity (Wildman–Crippen MR) is 54.6 cm³/mol. The van der Waals surface area contributed by atoms with E-state index < -0.39 is 18.4 Å². The van der Waals surface area contributed by atoms with E-state index in [9.17, 15) is 14.7 Å². The van der Waals surface area contributed by atoms with E-state index in [4.69, 9.17) is 5.11 Å². The van der Waals surface area contributed by atoms with Crippen molar-refractivity contribution in [3.8, 4) is 5.75 Å². The predicted octanol–water partition coefficient (Wildman–Crippen LogP) is -0.751. The number of hydrogen-bond donors (Lipinski definition) is 3. The van der Waals surface area contributed by atoms with Crippen LogP contribution in [-0.4, -0.2) is 43.2 Å². The lowest BCUT2D eigenvalue weighted by Crippen LogP contribution is -2.29. The normalized spacial score (nSPS) is 10.4. The summed E-state index contributed by atoms with van der Waals surface area (Å²) in [4.78, 5) is 25.8. The summed E-state index contributed by atoms with van der Waals surface area (Å²) in [5.41, 5.74) is 0.0548. The quantitative estimate of drug-likeness (QED) is 0.645. The first kappa shape index (κ1) is 10.9. The Morgan fingerprint density at radius 3 is 2.94 bits per heavy atom. The van der Waals surface area contributed by atoms with Gasteiger partial charge in [-0.2, -0.15) is 5.10 Å². The van der Waals surface area contributed by atoms with Gasteiger partial charge in [-0.15, -0.1) is 0 Å². The minimum Gasteiger partial charge on any atom is -0.507 e. The molecule has 0 bridgehead atoms. The Morgan fingerprint density at radius 1 is 1.47 bits per heavy atom. The first-order chi connectivity index (χ1) is 8.09. The number of carboxylic acid groups (broad SMARTS) is 1. The first-order valence-electron chi connectivity index (χ1n) is 4.61. The van der Waals surface area contributed by atoms with Crippen LogP contribution in [0.2, 0.25) is 0 Å². The lowest BCUT2D eigenvalue weighted by atomic mass is 10.2. The summed E-state index contributed by atoms with van der Waals surface area (Å²) in [5, 5.41) is 24.0. The fraction of sp³-hybridized carbons (Fsp3) is 0.111. The Morgan fingerprint density at radius 2 is 2.24 bits per heavy atom. The summed E-state index contributed by atoms with van der Waals surface area (Å²) in [6.07, 6.45) is 2.66. The summed E-state index contributed by atoms with van der Waals surface area (Å²) in [5.74, 6) is -2.18. The molecule has 0 saturated carbocycles. The van der Waals surface area contributed by atoms with Crippen molar-refractivity contribution in [1.29, 1.82) is 0 Å². The molecule has 0 aromatic carbocycles. The van der Waals surface area contributed by atoms with Gasteiger partial charge >= 0.3 is 5.97 Å². The molecule has 8 nitrogen and oxygen atoms in total. The Labute approximate surface area is 94.5 Å². The Balaban J connectivity index is 2.39. The molecule has 0 unspecified atom stereocenters. The molecule has 17 heavy (non-hydrogen) atoms. The van der Waals surface area contributed by atoms with Crippen molar-refractivity contribution in [3.63, 3.8) is 0 Å². The van der Waals surface area contributed by atoms with Crippen LogP contribution in [0.3, 0.4) is 0 Å².